The Hall–Kier alpha value is -1.59. The molecule has 0 aliphatic heterocycles. The van der Waals surface area contributed by atoms with E-state index < -0.39 is 52.9 Å². The van der Waals surface area contributed by atoms with Crippen LogP contribution in [0.15, 0.2) is 0 Å². The molecule has 0 bridgehead atoms. The summed E-state index contributed by atoms with van der Waals surface area (Å²) in [6.45, 7) is 0. The average molecular weight is 448 g/mol. The van der Waals surface area contributed by atoms with Crippen molar-refractivity contribution in [3.63, 3.8) is 0 Å². The van der Waals surface area contributed by atoms with Crippen LogP contribution in [-0.2, 0) is 0 Å². The summed E-state index contributed by atoms with van der Waals surface area (Å²) in [6.07, 6.45) is -7.79. The van der Waals surface area contributed by atoms with Crippen molar-refractivity contribution in [2.24, 2.45) is 0 Å². The van der Waals surface area contributed by atoms with E-state index in [1.807, 2.05) is 0 Å². The number of nitrogens with one attached hydrogen (secondary N) is 1. The molecular formula is C8HF17N2. The van der Waals surface area contributed by atoms with Gasteiger partial charge in [-0.1, -0.05) is 0 Å². The van der Waals surface area contributed by atoms with Gasteiger partial charge in [0.1, 0.15) is 0 Å². The smallest absolute Gasteiger partial charge is 0.503 e. The molecule has 0 aromatic rings. The highest BCUT2D eigenvalue weighted by molar-refractivity contribution is 5.13. The zero-order valence-electron chi connectivity index (χ0n) is 11.4. The minimum atomic E-state index is -8.67. The van der Waals surface area contributed by atoms with Crippen LogP contribution in [0.3, 0.4) is 0 Å². The Morgan fingerprint density at radius 1 is 0.370 bits per heavy atom. The topological polar surface area (TPSA) is 36.3 Å². The van der Waals surface area contributed by atoms with Gasteiger partial charge in [0, 0.05) is 0 Å². The molecule has 27 heavy (non-hydrogen) atoms. The van der Waals surface area contributed by atoms with Crippen molar-refractivity contribution in [2.45, 2.75) is 47.8 Å². The fraction of sp³-hybridized carbons (Fsp3) is 1.00. The number of hydrogen-bond donors (Lipinski definition) is 1. The molecule has 0 aliphatic rings. The fourth-order valence-electron chi connectivity index (χ4n) is 1.23. The molecule has 0 atom stereocenters. The van der Waals surface area contributed by atoms with Crippen LogP contribution in [0.2, 0.25) is 0 Å². The third-order valence-corrected chi connectivity index (χ3v) is 2.86. The molecular weight excluding hydrogens is 447 g/mol. The summed E-state index contributed by atoms with van der Waals surface area (Å²) in [6, 6.07) is -6.96. The van der Waals surface area contributed by atoms with Gasteiger partial charge in [0.15, 0.2) is 0 Å². The zero-order chi connectivity index (χ0) is 22.7. The van der Waals surface area contributed by atoms with Gasteiger partial charge in [-0.2, -0.15) is 65.9 Å². The first kappa shape index (κ1) is 25.4. The van der Waals surface area contributed by atoms with E-state index in [9.17, 15) is 74.6 Å². The normalized spacial score (nSPS) is 16.5. The summed E-state index contributed by atoms with van der Waals surface area (Å²) in [5, 5.41) is -1.05. The Bertz CT molecular complexity index is 572. The minimum absolute atomic E-state index is 1.05. The number of halogens is 17. The van der Waals surface area contributed by atoms with E-state index in [0.717, 1.165) is 0 Å². The van der Waals surface area contributed by atoms with E-state index in [2.05, 4.69) is 0 Å². The number of alkyl halides is 17. The molecule has 0 saturated carbocycles. The SMILES string of the molecule is [N-]=[NH+]C(F)(F)C(F)(F)C(F)(F)C(F)(F)C(F)(F)C(F)(F)C(F)(F)C(F)(F)F. The Balaban J connectivity index is 6.69. The van der Waals surface area contributed by atoms with Crippen molar-refractivity contribution >= 4 is 0 Å². The molecule has 19 heteroatoms. The molecule has 0 fully saturated rings. The minimum Gasteiger partial charge on any atom is -0.503 e. The van der Waals surface area contributed by atoms with Crippen molar-refractivity contribution in [3.05, 3.63) is 5.53 Å². The summed E-state index contributed by atoms with van der Waals surface area (Å²) < 4.78 is 213. The van der Waals surface area contributed by atoms with Crippen LogP contribution in [0.4, 0.5) is 74.6 Å². The highest BCUT2D eigenvalue weighted by atomic mass is 19.4. The summed E-state index contributed by atoms with van der Waals surface area (Å²) in [5.41, 5.74) is 7.49. The molecule has 1 N–H and O–H groups in total. The maximum absolute atomic E-state index is 13.0. The number of rotatable bonds is 7. The van der Waals surface area contributed by atoms with Crippen LogP contribution in [-0.4, -0.2) is 47.8 Å². The molecule has 162 valence electrons. The molecule has 0 aromatic carbocycles. The fourth-order valence-corrected chi connectivity index (χ4v) is 1.23. The number of hydrogen-bond acceptors (Lipinski definition) is 0. The zero-order valence-corrected chi connectivity index (χ0v) is 11.4. The van der Waals surface area contributed by atoms with Crippen LogP contribution >= 0.6 is 0 Å². The van der Waals surface area contributed by atoms with Gasteiger partial charge in [-0.05, 0) is 0 Å². The van der Waals surface area contributed by atoms with E-state index in [1.54, 1.807) is 0 Å². The largest absolute Gasteiger partial charge is 0.517 e. The van der Waals surface area contributed by atoms with Gasteiger partial charge >= 0.3 is 47.8 Å². The molecule has 0 spiro atoms. The van der Waals surface area contributed by atoms with Crippen LogP contribution in [0.25, 0.3) is 5.53 Å². The first-order chi connectivity index (χ1) is 11.3. The second-order valence-corrected chi connectivity index (χ2v) is 4.63. The molecule has 2 nitrogen and oxygen atoms in total. The van der Waals surface area contributed by atoms with Crippen LogP contribution in [0, 0.1) is 0 Å². The lowest BCUT2D eigenvalue weighted by Crippen LogP contribution is -2.88. The van der Waals surface area contributed by atoms with E-state index in [1.165, 1.54) is 0 Å². The number of nitrogens with zero attached hydrogens (tertiary/aromatic N) is 1. The Morgan fingerprint density at radius 3 is 0.815 bits per heavy atom. The third kappa shape index (κ3) is 2.95. The third-order valence-electron chi connectivity index (χ3n) is 2.86. The lowest BCUT2D eigenvalue weighted by atomic mass is 9.90. The quantitative estimate of drug-likeness (QED) is 0.347. The lowest BCUT2D eigenvalue weighted by Gasteiger charge is -2.41. The Labute approximate surface area is 134 Å². The average Bonchev–Trinajstić information content (AvgIpc) is 2.44. The van der Waals surface area contributed by atoms with Gasteiger partial charge in [-0.15, -0.1) is 8.78 Å². The van der Waals surface area contributed by atoms with E-state index in [-0.39, 0.29) is 0 Å². The second-order valence-electron chi connectivity index (χ2n) is 4.63. The Kier molecular flexibility index (Phi) is 5.60. The van der Waals surface area contributed by atoms with Gasteiger partial charge in [0.2, 0.25) is 0 Å². The van der Waals surface area contributed by atoms with Crippen molar-refractivity contribution in [2.75, 3.05) is 0 Å². The van der Waals surface area contributed by atoms with Crippen molar-refractivity contribution in [1.29, 1.82) is 0 Å². The highest BCUT2D eigenvalue weighted by Crippen LogP contribution is 2.63. The van der Waals surface area contributed by atoms with Crippen LogP contribution in [0.1, 0.15) is 0 Å². The van der Waals surface area contributed by atoms with Gasteiger partial charge in [-0.3, -0.25) is 5.11 Å². The van der Waals surface area contributed by atoms with E-state index in [0.29, 0.717) is 0 Å². The van der Waals surface area contributed by atoms with Gasteiger partial charge in [0.05, 0.1) is 0 Å². The van der Waals surface area contributed by atoms with Crippen molar-refractivity contribution in [3.8, 4) is 0 Å². The summed E-state index contributed by atoms with van der Waals surface area (Å²) in [5.74, 6) is -50.3. The van der Waals surface area contributed by atoms with Crippen molar-refractivity contribution < 1.29 is 79.8 Å². The molecule has 0 rings (SSSR count). The Morgan fingerprint density at radius 2 is 0.593 bits per heavy atom. The maximum Gasteiger partial charge on any atom is 0.517 e. The summed E-state index contributed by atoms with van der Waals surface area (Å²) in [4.78, 5) is 0. The molecule has 0 heterocycles. The van der Waals surface area contributed by atoms with E-state index in [4.69, 9.17) is 5.53 Å². The van der Waals surface area contributed by atoms with Crippen molar-refractivity contribution in [1.82, 2.24) is 0 Å². The second kappa shape index (κ2) is 5.95. The highest BCUT2D eigenvalue weighted by Gasteiger charge is 2.96. The molecule has 0 aliphatic carbocycles. The summed E-state index contributed by atoms with van der Waals surface area (Å²) in [7, 11) is 0. The molecule has 0 aromatic heterocycles. The van der Waals surface area contributed by atoms with Crippen LogP contribution < -0.4 is 5.11 Å². The first-order valence-corrected chi connectivity index (χ1v) is 5.44. The predicted octanol–water partition coefficient (Wildman–Crippen LogP) is 4.06. The van der Waals surface area contributed by atoms with E-state index >= 15 is 0 Å². The molecule has 0 amide bonds. The van der Waals surface area contributed by atoms with Gasteiger partial charge in [0.25, 0.3) is 0 Å². The van der Waals surface area contributed by atoms with Crippen LogP contribution in [0.5, 0.6) is 0 Å². The molecule has 0 radical (unpaired) electrons. The molecule has 0 saturated heterocycles. The monoisotopic (exact) mass is 448 g/mol. The predicted molar refractivity (Wildman–Crippen MR) is 45.0 cm³/mol. The first-order valence-electron chi connectivity index (χ1n) is 5.44. The summed E-state index contributed by atoms with van der Waals surface area (Å²) >= 11 is 0. The molecule has 0 unspecified atom stereocenters. The van der Waals surface area contributed by atoms with Gasteiger partial charge in [-0.25, -0.2) is 0 Å². The lowest BCUT2D eigenvalue weighted by molar-refractivity contribution is -0.695. The van der Waals surface area contributed by atoms with Gasteiger partial charge < -0.3 is 5.53 Å². The standard InChI is InChI=1S/C8HF17N2/c9-1(10,3(13,14)5(17,18)7(21,22)23)2(11,12)4(15,16)6(19,20)8(24,25)27-26/h27H. The maximum atomic E-state index is 13.0.